The van der Waals surface area contributed by atoms with Gasteiger partial charge in [0, 0.05) is 23.9 Å². The summed E-state index contributed by atoms with van der Waals surface area (Å²) in [4.78, 5) is 4.45. The number of sulfonamides is 1. The van der Waals surface area contributed by atoms with Gasteiger partial charge in [-0.2, -0.15) is 13.2 Å². The summed E-state index contributed by atoms with van der Waals surface area (Å²) < 4.78 is 70.9. The van der Waals surface area contributed by atoms with E-state index in [9.17, 15) is 21.6 Å². The zero-order valence-electron chi connectivity index (χ0n) is 16.2. The van der Waals surface area contributed by atoms with E-state index in [-0.39, 0.29) is 17.2 Å². The van der Waals surface area contributed by atoms with Crippen LogP contribution in [0.15, 0.2) is 52.7 Å². The fourth-order valence-electron chi connectivity index (χ4n) is 2.74. The number of thiazole rings is 1. The third-order valence-corrected chi connectivity index (χ3v) is 6.72. The topological polar surface area (TPSA) is 68.3 Å². The highest BCUT2D eigenvalue weighted by Gasteiger charge is 2.30. The summed E-state index contributed by atoms with van der Waals surface area (Å²) in [5.41, 5.74) is 1.29. The quantitative estimate of drug-likeness (QED) is 0.561. The molecule has 0 saturated carbocycles. The SMILES string of the molecule is COc1ccc(C)cc1S(=O)(=O)NCCc1csc(-c2ccc(C(F)(F)F)cc2)n1. The molecule has 5 nitrogen and oxygen atoms in total. The maximum Gasteiger partial charge on any atom is 0.416 e. The standard InChI is InChI=1S/C20H19F3N2O3S2/c1-13-3-8-17(28-2)18(11-13)30(26,27)24-10-9-16-12-29-19(25-16)14-4-6-15(7-5-14)20(21,22)23/h3-8,11-12,24H,9-10H2,1-2H3. The molecule has 3 aromatic rings. The highest BCUT2D eigenvalue weighted by Crippen LogP contribution is 2.32. The lowest BCUT2D eigenvalue weighted by Crippen LogP contribution is -2.26. The van der Waals surface area contributed by atoms with Crippen LogP contribution in [-0.2, 0) is 22.6 Å². The Kier molecular flexibility index (Phi) is 6.49. The van der Waals surface area contributed by atoms with E-state index >= 15 is 0 Å². The molecular formula is C20H19F3N2O3S2. The Morgan fingerprint density at radius 3 is 2.47 bits per heavy atom. The minimum atomic E-state index is -4.39. The van der Waals surface area contributed by atoms with Crippen LogP contribution in [0, 0.1) is 6.92 Å². The molecule has 3 rings (SSSR count). The maximum atomic E-state index is 12.7. The number of rotatable bonds is 7. The first-order valence-electron chi connectivity index (χ1n) is 8.86. The van der Waals surface area contributed by atoms with Crippen LogP contribution in [0.4, 0.5) is 13.2 Å². The van der Waals surface area contributed by atoms with Crippen LogP contribution in [0.5, 0.6) is 5.75 Å². The van der Waals surface area contributed by atoms with Crippen molar-refractivity contribution < 1.29 is 26.3 Å². The predicted molar refractivity (Wildman–Crippen MR) is 109 cm³/mol. The van der Waals surface area contributed by atoms with E-state index in [4.69, 9.17) is 4.74 Å². The third kappa shape index (κ3) is 5.18. The lowest BCUT2D eigenvalue weighted by Gasteiger charge is -2.11. The van der Waals surface area contributed by atoms with Gasteiger partial charge in [0.05, 0.1) is 18.4 Å². The van der Waals surface area contributed by atoms with E-state index in [2.05, 4.69) is 9.71 Å². The molecule has 2 aromatic carbocycles. The van der Waals surface area contributed by atoms with Crippen molar-refractivity contribution >= 4 is 21.4 Å². The summed E-state index contributed by atoms with van der Waals surface area (Å²) in [6.45, 7) is 1.91. The van der Waals surface area contributed by atoms with Crippen molar-refractivity contribution in [2.24, 2.45) is 0 Å². The van der Waals surface area contributed by atoms with Crippen LogP contribution >= 0.6 is 11.3 Å². The minimum absolute atomic E-state index is 0.0636. The molecule has 0 radical (unpaired) electrons. The van der Waals surface area contributed by atoms with Gasteiger partial charge in [0.1, 0.15) is 15.7 Å². The van der Waals surface area contributed by atoms with Crippen molar-refractivity contribution in [2.75, 3.05) is 13.7 Å². The Hall–Kier alpha value is -2.43. The molecule has 0 aliphatic carbocycles. The summed E-state index contributed by atoms with van der Waals surface area (Å²) in [7, 11) is -2.36. The average molecular weight is 457 g/mol. The van der Waals surface area contributed by atoms with Gasteiger partial charge >= 0.3 is 6.18 Å². The zero-order valence-corrected chi connectivity index (χ0v) is 17.8. The fraction of sp³-hybridized carbons (Fsp3) is 0.250. The van der Waals surface area contributed by atoms with Crippen LogP contribution in [0.3, 0.4) is 0 Å². The lowest BCUT2D eigenvalue weighted by molar-refractivity contribution is -0.137. The number of benzene rings is 2. The molecule has 0 fully saturated rings. The molecule has 0 atom stereocenters. The molecule has 30 heavy (non-hydrogen) atoms. The molecule has 0 unspecified atom stereocenters. The van der Waals surface area contributed by atoms with E-state index in [1.165, 1.54) is 36.6 Å². The number of ether oxygens (including phenoxy) is 1. The fourth-order valence-corrected chi connectivity index (χ4v) is 4.89. The zero-order chi connectivity index (χ0) is 21.9. The van der Waals surface area contributed by atoms with Gasteiger partial charge in [-0.15, -0.1) is 11.3 Å². The number of methoxy groups -OCH3 is 1. The Labute approximate surface area is 176 Å². The minimum Gasteiger partial charge on any atom is -0.495 e. The Balaban J connectivity index is 1.65. The van der Waals surface area contributed by atoms with Crippen molar-refractivity contribution in [3.05, 3.63) is 64.7 Å². The second-order valence-electron chi connectivity index (χ2n) is 6.52. The van der Waals surface area contributed by atoms with Gasteiger partial charge in [0.2, 0.25) is 10.0 Å². The normalized spacial score (nSPS) is 12.2. The van der Waals surface area contributed by atoms with Crippen molar-refractivity contribution in [1.29, 1.82) is 0 Å². The summed E-state index contributed by atoms with van der Waals surface area (Å²) in [6, 6.07) is 9.67. The second kappa shape index (κ2) is 8.75. The summed E-state index contributed by atoms with van der Waals surface area (Å²) in [5, 5.41) is 2.33. The summed E-state index contributed by atoms with van der Waals surface area (Å²) in [5.74, 6) is 0.256. The van der Waals surface area contributed by atoms with Gasteiger partial charge < -0.3 is 4.74 Å². The van der Waals surface area contributed by atoms with Gasteiger partial charge in [0.25, 0.3) is 0 Å². The van der Waals surface area contributed by atoms with Crippen molar-refractivity contribution in [2.45, 2.75) is 24.4 Å². The molecule has 1 N–H and O–H groups in total. The number of hydrogen-bond acceptors (Lipinski definition) is 5. The van der Waals surface area contributed by atoms with Gasteiger partial charge in [-0.25, -0.2) is 18.1 Å². The monoisotopic (exact) mass is 456 g/mol. The number of halogens is 3. The largest absolute Gasteiger partial charge is 0.495 e. The first kappa shape index (κ1) is 22.3. The smallest absolute Gasteiger partial charge is 0.416 e. The molecule has 0 bridgehead atoms. The highest BCUT2D eigenvalue weighted by atomic mass is 32.2. The molecule has 1 aromatic heterocycles. The number of aryl methyl sites for hydroxylation is 1. The highest BCUT2D eigenvalue weighted by molar-refractivity contribution is 7.89. The Morgan fingerprint density at radius 2 is 1.83 bits per heavy atom. The molecule has 0 amide bonds. The summed E-state index contributed by atoms with van der Waals surface area (Å²) >= 11 is 1.29. The van der Waals surface area contributed by atoms with Gasteiger partial charge in [-0.1, -0.05) is 18.2 Å². The van der Waals surface area contributed by atoms with Crippen molar-refractivity contribution in [1.82, 2.24) is 9.71 Å². The van der Waals surface area contributed by atoms with Crippen molar-refractivity contribution in [3.63, 3.8) is 0 Å². The van der Waals surface area contributed by atoms with E-state index in [0.29, 0.717) is 22.7 Å². The van der Waals surface area contributed by atoms with Crippen molar-refractivity contribution in [3.8, 4) is 16.3 Å². The maximum absolute atomic E-state index is 12.7. The number of nitrogens with one attached hydrogen (secondary N) is 1. The van der Waals surface area contributed by atoms with Crippen LogP contribution in [0.1, 0.15) is 16.8 Å². The van der Waals surface area contributed by atoms with Crippen LogP contribution < -0.4 is 9.46 Å². The molecule has 0 saturated heterocycles. The van der Waals surface area contributed by atoms with Crippen LogP contribution in [0.2, 0.25) is 0 Å². The Morgan fingerprint density at radius 1 is 1.13 bits per heavy atom. The molecular weight excluding hydrogens is 437 g/mol. The van der Waals surface area contributed by atoms with E-state index in [1.807, 2.05) is 0 Å². The third-order valence-electron chi connectivity index (χ3n) is 4.29. The first-order chi connectivity index (χ1) is 14.1. The van der Waals surface area contributed by atoms with Gasteiger partial charge in [-0.3, -0.25) is 0 Å². The molecule has 1 heterocycles. The predicted octanol–water partition coefficient (Wildman–Crippen LogP) is 4.67. The molecule has 0 aliphatic rings. The summed E-state index contributed by atoms with van der Waals surface area (Å²) in [6.07, 6.45) is -4.05. The average Bonchev–Trinajstić information content (AvgIpc) is 3.16. The van der Waals surface area contributed by atoms with Crippen LogP contribution in [0.25, 0.3) is 10.6 Å². The molecule has 160 valence electrons. The van der Waals surface area contributed by atoms with Crippen LogP contribution in [-0.4, -0.2) is 27.1 Å². The first-order valence-corrected chi connectivity index (χ1v) is 11.2. The number of aromatic nitrogens is 1. The lowest BCUT2D eigenvalue weighted by atomic mass is 10.1. The van der Waals surface area contributed by atoms with E-state index < -0.39 is 21.8 Å². The molecule has 10 heteroatoms. The van der Waals surface area contributed by atoms with E-state index in [1.54, 1.807) is 24.4 Å². The molecule has 0 spiro atoms. The van der Waals surface area contributed by atoms with Gasteiger partial charge in [-0.05, 0) is 36.8 Å². The Bertz CT molecular complexity index is 1120. The number of hydrogen-bond donors (Lipinski definition) is 1. The second-order valence-corrected chi connectivity index (χ2v) is 9.11. The molecule has 0 aliphatic heterocycles. The number of alkyl halides is 3. The van der Waals surface area contributed by atoms with Gasteiger partial charge in [0.15, 0.2) is 0 Å². The number of nitrogens with zero attached hydrogens (tertiary/aromatic N) is 1. The van der Waals surface area contributed by atoms with E-state index in [0.717, 1.165) is 17.7 Å².